The smallest absolute Gasteiger partial charge is 0.263 e. The Labute approximate surface area is 150 Å². The number of hydrogen-bond acceptors (Lipinski definition) is 4. The Morgan fingerprint density at radius 1 is 1.12 bits per heavy atom. The van der Waals surface area contributed by atoms with Crippen LogP contribution in [0.2, 0.25) is 0 Å². The number of benzene rings is 1. The minimum Gasteiger partial charge on any atom is -0.370 e. The first-order valence-corrected chi connectivity index (χ1v) is 10.3. The molecule has 134 valence electrons. The van der Waals surface area contributed by atoms with Crippen molar-refractivity contribution in [1.82, 2.24) is 4.98 Å². The zero-order chi connectivity index (χ0) is 17.9. The molecule has 5 nitrogen and oxygen atoms in total. The molecule has 6 heteroatoms. The van der Waals surface area contributed by atoms with Crippen LogP contribution in [0.4, 0.5) is 11.5 Å². The number of pyridine rings is 1. The summed E-state index contributed by atoms with van der Waals surface area (Å²) in [6.45, 7) is 6.37. The summed E-state index contributed by atoms with van der Waals surface area (Å²) in [6, 6.07) is 10.6. The van der Waals surface area contributed by atoms with Crippen molar-refractivity contribution in [3.8, 4) is 0 Å². The van der Waals surface area contributed by atoms with Crippen LogP contribution in [0.25, 0.3) is 0 Å². The van der Waals surface area contributed by atoms with Crippen molar-refractivity contribution in [2.45, 2.75) is 38.0 Å². The summed E-state index contributed by atoms with van der Waals surface area (Å²) in [5.74, 6) is 1.11. The molecule has 0 radical (unpaired) electrons. The van der Waals surface area contributed by atoms with Gasteiger partial charge in [0, 0.05) is 13.1 Å². The largest absolute Gasteiger partial charge is 0.370 e. The Morgan fingerprint density at radius 3 is 2.36 bits per heavy atom. The van der Waals surface area contributed by atoms with Crippen molar-refractivity contribution >= 4 is 21.5 Å². The van der Waals surface area contributed by atoms with E-state index in [4.69, 9.17) is 0 Å². The fourth-order valence-corrected chi connectivity index (χ4v) is 4.01. The lowest BCUT2D eigenvalue weighted by Gasteiger charge is -2.31. The molecule has 0 amide bonds. The van der Waals surface area contributed by atoms with Gasteiger partial charge in [-0.2, -0.15) is 0 Å². The van der Waals surface area contributed by atoms with E-state index < -0.39 is 10.0 Å². The van der Waals surface area contributed by atoms with Gasteiger partial charge in [0.05, 0.1) is 16.8 Å². The van der Waals surface area contributed by atoms with E-state index in [0.29, 0.717) is 5.82 Å². The third-order valence-electron chi connectivity index (χ3n) is 4.78. The van der Waals surface area contributed by atoms with Crippen molar-refractivity contribution in [2.75, 3.05) is 22.7 Å². The Hall–Kier alpha value is -2.08. The quantitative estimate of drug-likeness (QED) is 0.884. The molecule has 2 heterocycles. The minimum absolute atomic E-state index is 0.251. The summed E-state index contributed by atoms with van der Waals surface area (Å²) in [7, 11) is -3.61. The van der Waals surface area contributed by atoms with Gasteiger partial charge in [0.15, 0.2) is 0 Å². The van der Waals surface area contributed by atoms with E-state index in [9.17, 15) is 8.42 Å². The molecule has 1 aromatic heterocycles. The van der Waals surface area contributed by atoms with Crippen LogP contribution in [-0.2, 0) is 16.4 Å². The SMILES string of the molecule is CCc1ccc(S(=O)(=O)Nc2ccc(N3CCC(C)CC3)cn2)cc1. The molecular formula is C19H25N3O2S. The molecule has 0 spiro atoms. The molecule has 1 saturated heterocycles. The fraction of sp³-hybridized carbons (Fsp3) is 0.421. The van der Waals surface area contributed by atoms with E-state index in [1.807, 2.05) is 25.1 Å². The van der Waals surface area contributed by atoms with Gasteiger partial charge in [-0.3, -0.25) is 4.72 Å². The lowest BCUT2D eigenvalue weighted by Crippen LogP contribution is -2.32. The molecule has 0 atom stereocenters. The van der Waals surface area contributed by atoms with Crippen LogP contribution >= 0.6 is 0 Å². The summed E-state index contributed by atoms with van der Waals surface area (Å²) in [6.07, 6.45) is 4.99. The standard InChI is InChI=1S/C19H25N3O2S/c1-3-16-4-7-18(8-5-16)25(23,24)21-19-9-6-17(14-20-19)22-12-10-15(2)11-13-22/h4-9,14-15H,3,10-13H2,1-2H3,(H,20,21). The molecule has 3 rings (SSSR count). The van der Waals surface area contributed by atoms with Gasteiger partial charge in [0.1, 0.15) is 5.82 Å². The molecule has 25 heavy (non-hydrogen) atoms. The van der Waals surface area contributed by atoms with E-state index in [1.54, 1.807) is 24.4 Å². The lowest BCUT2D eigenvalue weighted by molar-refractivity contribution is 0.438. The summed E-state index contributed by atoms with van der Waals surface area (Å²) < 4.78 is 27.5. The first-order valence-electron chi connectivity index (χ1n) is 8.80. The Kier molecular flexibility index (Phi) is 5.27. The third kappa shape index (κ3) is 4.31. The van der Waals surface area contributed by atoms with Crippen molar-refractivity contribution in [3.63, 3.8) is 0 Å². The normalized spacial score (nSPS) is 16.0. The number of sulfonamides is 1. The van der Waals surface area contributed by atoms with Gasteiger partial charge >= 0.3 is 0 Å². The van der Waals surface area contributed by atoms with Gasteiger partial charge in [-0.05, 0) is 55.0 Å². The van der Waals surface area contributed by atoms with Gasteiger partial charge < -0.3 is 4.90 Å². The molecule has 1 N–H and O–H groups in total. The number of aromatic nitrogens is 1. The topological polar surface area (TPSA) is 62.3 Å². The van der Waals surface area contributed by atoms with Gasteiger partial charge in [0.2, 0.25) is 0 Å². The van der Waals surface area contributed by atoms with Gasteiger partial charge in [-0.25, -0.2) is 13.4 Å². The Bertz CT molecular complexity index is 794. The van der Waals surface area contributed by atoms with Gasteiger partial charge in [0.25, 0.3) is 10.0 Å². The molecule has 1 aromatic carbocycles. The second-order valence-corrected chi connectivity index (χ2v) is 8.36. The highest BCUT2D eigenvalue weighted by Crippen LogP contribution is 2.23. The first kappa shape index (κ1) is 17.7. The van der Waals surface area contributed by atoms with Gasteiger partial charge in [-0.1, -0.05) is 26.0 Å². The zero-order valence-electron chi connectivity index (χ0n) is 14.8. The highest BCUT2D eigenvalue weighted by atomic mass is 32.2. The number of piperidine rings is 1. The second kappa shape index (κ2) is 7.44. The van der Waals surface area contributed by atoms with Crippen molar-refractivity contribution in [3.05, 3.63) is 48.2 Å². The maximum absolute atomic E-state index is 12.5. The van der Waals surface area contributed by atoms with Crippen LogP contribution in [0.3, 0.4) is 0 Å². The average Bonchev–Trinajstić information content (AvgIpc) is 2.63. The molecule has 1 aliphatic rings. The van der Waals surface area contributed by atoms with Crippen LogP contribution in [0.5, 0.6) is 0 Å². The van der Waals surface area contributed by atoms with E-state index in [1.165, 1.54) is 12.8 Å². The Morgan fingerprint density at radius 2 is 1.80 bits per heavy atom. The summed E-state index contributed by atoms with van der Waals surface area (Å²) in [5.41, 5.74) is 2.15. The molecule has 0 saturated carbocycles. The zero-order valence-corrected chi connectivity index (χ0v) is 15.6. The molecule has 1 aliphatic heterocycles. The third-order valence-corrected chi connectivity index (χ3v) is 6.15. The monoisotopic (exact) mass is 359 g/mol. The van der Waals surface area contributed by atoms with Crippen molar-refractivity contribution in [2.24, 2.45) is 5.92 Å². The van der Waals surface area contributed by atoms with Crippen molar-refractivity contribution in [1.29, 1.82) is 0 Å². The molecule has 0 bridgehead atoms. The van der Waals surface area contributed by atoms with E-state index in [0.717, 1.165) is 36.7 Å². The first-order chi connectivity index (χ1) is 12.0. The average molecular weight is 359 g/mol. The number of hydrogen-bond donors (Lipinski definition) is 1. The highest BCUT2D eigenvalue weighted by Gasteiger charge is 2.17. The minimum atomic E-state index is -3.61. The van der Waals surface area contributed by atoms with Crippen molar-refractivity contribution < 1.29 is 8.42 Å². The van der Waals surface area contributed by atoms with E-state index >= 15 is 0 Å². The fourth-order valence-electron chi connectivity index (χ4n) is 3.00. The second-order valence-electron chi connectivity index (χ2n) is 6.67. The molecular weight excluding hydrogens is 334 g/mol. The maximum atomic E-state index is 12.5. The Balaban J connectivity index is 1.69. The molecule has 1 fully saturated rings. The summed E-state index contributed by atoms with van der Waals surface area (Å²) in [4.78, 5) is 6.84. The van der Waals surface area contributed by atoms with Crippen LogP contribution in [0.15, 0.2) is 47.5 Å². The van der Waals surface area contributed by atoms with E-state index in [2.05, 4.69) is 21.5 Å². The lowest BCUT2D eigenvalue weighted by atomic mass is 9.99. The van der Waals surface area contributed by atoms with Crippen LogP contribution in [0.1, 0.15) is 32.3 Å². The molecule has 2 aromatic rings. The number of nitrogens with one attached hydrogen (secondary N) is 1. The number of aryl methyl sites for hydroxylation is 1. The summed E-state index contributed by atoms with van der Waals surface area (Å²) >= 11 is 0. The predicted molar refractivity (Wildman–Crippen MR) is 101 cm³/mol. The van der Waals surface area contributed by atoms with Crippen LogP contribution in [-0.4, -0.2) is 26.5 Å². The summed E-state index contributed by atoms with van der Waals surface area (Å²) in [5, 5.41) is 0. The maximum Gasteiger partial charge on any atom is 0.263 e. The van der Waals surface area contributed by atoms with Crippen LogP contribution < -0.4 is 9.62 Å². The number of anilines is 2. The number of nitrogens with zero attached hydrogens (tertiary/aromatic N) is 2. The number of rotatable bonds is 5. The van der Waals surface area contributed by atoms with E-state index in [-0.39, 0.29) is 4.90 Å². The predicted octanol–water partition coefficient (Wildman–Crippen LogP) is 3.68. The van der Waals surface area contributed by atoms with Gasteiger partial charge in [-0.15, -0.1) is 0 Å². The molecule has 0 unspecified atom stereocenters. The highest BCUT2D eigenvalue weighted by molar-refractivity contribution is 7.92. The molecule has 0 aliphatic carbocycles. The van der Waals surface area contributed by atoms with Crippen LogP contribution in [0, 0.1) is 5.92 Å².